The molecule has 1 N–H and O–H groups in total. The van der Waals surface area contributed by atoms with E-state index in [0.29, 0.717) is 23.7 Å². The highest BCUT2D eigenvalue weighted by molar-refractivity contribution is 5.79. The number of rotatable bonds is 4. The molecule has 27 heavy (non-hydrogen) atoms. The van der Waals surface area contributed by atoms with E-state index in [9.17, 15) is 0 Å². The standard InChI is InChI=1S/C19H14N8/c1-2-14-10-13(3-4-16(14)21-7-1)12-27-19-18(25-26-27)22-11-17(24-19)23-15-5-8-20-9-6-15/h1-11H,12H2,(H,20,23,24). The molecule has 0 spiro atoms. The number of hydrogen-bond donors (Lipinski definition) is 1. The number of anilines is 2. The van der Waals surface area contributed by atoms with Gasteiger partial charge < -0.3 is 5.32 Å². The predicted octanol–water partition coefficient (Wildman–Crippen LogP) is 2.96. The maximum absolute atomic E-state index is 4.62. The first-order valence-electron chi connectivity index (χ1n) is 8.42. The summed E-state index contributed by atoms with van der Waals surface area (Å²) in [4.78, 5) is 17.3. The van der Waals surface area contributed by atoms with E-state index in [-0.39, 0.29) is 0 Å². The third kappa shape index (κ3) is 3.04. The van der Waals surface area contributed by atoms with Gasteiger partial charge in [0.25, 0.3) is 0 Å². The van der Waals surface area contributed by atoms with Gasteiger partial charge in [0.1, 0.15) is 0 Å². The summed E-state index contributed by atoms with van der Waals surface area (Å²) in [5.41, 5.74) is 4.09. The minimum Gasteiger partial charge on any atom is -0.339 e. The van der Waals surface area contributed by atoms with Crippen LogP contribution in [0.25, 0.3) is 22.2 Å². The Kier molecular flexibility index (Phi) is 3.64. The van der Waals surface area contributed by atoms with Crippen LogP contribution in [0.1, 0.15) is 5.56 Å². The molecule has 8 nitrogen and oxygen atoms in total. The minimum atomic E-state index is 0.512. The summed E-state index contributed by atoms with van der Waals surface area (Å²) in [5, 5.41) is 12.6. The Morgan fingerprint density at radius 3 is 2.81 bits per heavy atom. The van der Waals surface area contributed by atoms with Crippen LogP contribution in [0.2, 0.25) is 0 Å². The van der Waals surface area contributed by atoms with Crippen LogP contribution < -0.4 is 5.32 Å². The van der Waals surface area contributed by atoms with Crippen molar-refractivity contribution in [1.82, 2.24) is 34.9 Å². The van der Waals surface area contributed by atoms with Crippen LogP contribution in [0, 0.1) is 0 Å². The Hall–Kier alpha value is -3.94. The lowest BCUT2D eigenvalue weighted by Crippen LogP contribution is -2.04. The highest BCUT2D eigenvalue weighted by Gasteiger charge is 2.10. The molecule has 0 atom stereocenters. The van der Waals surface area contributed by atoms with Crippen molar-refractivity contribution in [3.8, 4) is 0 Å². The van der Waals surface area contributed by atoms with E-state index in [1.165, 1.54) is 0 Å². The maximum Gasteiger partial charge on any atom is 0.221 e. The summed E-state index contributed by atoms with van der Waals surface area (Å²) in [6.07, 6.45) is 6.87. The van der Waals surface area contributed by atoms with Crippen LogP contribution in [-0.2, 0) is 6.54 Å². The molecule has 0 unspecified atom stereocenters. The van der Waals surface area contributed by atoms with Crippen LogP contribution in [-0.4, -0.2) is 34.9 Å². The lowest BCUT2D eigenvalue weighted by atomic mass is 10.1. The molecule has 0 aliphatic rings. The van der Waals surface area contributed by atoms with Gasteiger partial charge in [0, 0.05) is 29.7 Å². The second-order valence-electron chi connectivity index (χ2n) is 6.04. The van der Waals surface area contributed by atoms with Gasteiger partial charge in [-0.05, 0) is 35.9 Å². The lowest BCUT2D eigenvalue weighted by Gasteiger charge is -2.06. The molecule has 0 radical (unpaired) electrons. The second-order valence-corrected chi connectivity index (χ2v) is 6.04. The molecule has 0 fully saturated rings. The third-order valence-electron chi connectivity index (χ3n) is 4.18. The van der Waals surface area contributed by atoms with Gasteiger partial charge in [-0.3, -0.25) is 9.97 Å². The number of fused-ring (bicyclic) bond motifs is 2. The van der Waals surface area contributed by atoms with Gasteiger partial charge in [0.15, 0.2) is 11.5 Å². The average Bonchev–Trinajstić information content (AvgIpc) is 3.11. The molecule has 0 saturated carbocycles. The molecule has 0 amide bonds. The van der Waals surface area contributed by atoms with E-state index in [1.807, 2.05) is 36.4 Å². The van der Waals surface area contributed by atoms with Gasteiger partial charge in [0.05, 0.1) is 18.3 Å². The normalized spacial score (nSPS) is 11.1. The van der Waals surface area contributed by atoms with Crippen molar-refractivity contribution in [1.29, 1.82) is 0 Å². The SMILES string of the molecule is c1cnc2ccc(Cn3nnc4ncc(Nc5ccncc5)nc43)cc2c1. The van der Waals surface area contributed by atoms with Crippen LogP contribution in [0.5, 0.6) is 0 Å². The lowest BCUT2D eigenvalue weighted by molar-refractivity contribution is 0.664. The van der Waals surface area contributed by atoms with Crippen molar-refractivity contribution >= 4 is 33.7 Å². The van der Waals surface area contributed by atoms with Crippen molar-refractivity contribution in [2.24, 2.45) is 0 Å². The van der Waals surface area contributed by atoms with E-state index in [1.54, 1.807) is 29.5 Å². The fraction of sp³-hybridized carbons (Fsp3) is 0.0526. The van der Waals surface area contributed by atoms with E-state index >= 15 is 0 Å². The molecule has 8 heteroatoms. The molecule has 5 rings (SSSR count). The smallest absolute Gasteiger partial charge is 0.221 e. The summed E-state index contributed by atoms with van der Waals surface area (Å²) in [5.74, 6) is 0.625. The zero-order valence-electron chi connectivity index (χ0n) is 14.2. The average molecular weight is 354 g/mol. The first-order valence-corrected chi connectivity index (χ1v) is 8.42. The van der Waals surface area contributed by atoms with Gasteiger partial charge in [-0.25, -0.2) is 14.6 Å². The van der Waals surface area contributed by atoms with Crippen LogP contribution in [0.15, 0.2) is 67.3 Å². The molecule has 130 valence electrons. The Bertz CT molecular complexity index is 1230. The molecule has 4 heterocycles. The first-order chi connectivity index (χ1) is 13.3. The summed E-state index contributed by atoms with van der Waals surface area (Å²) < 4.78 is 1.75. The second kappa shape index (κ2) is 6.41. The zero-order valence-corrected chi connectivity index (χ0v) is 14.2. The van der Waals surface area contributed by atoms with Gasteiger partial charge >= 0.3 is 0 Å². The van der Waals surface area contributed by atoms with E-state index in [4.69, 9.17) is 0 Å². The summed E-state index contributed by atoms with van der Waals surface area (Å²) in [6, 6.07) is 13.8. The van der Waals surface area contributed by atoms with Crippen molar-refractivity contribution < 1.29 is 0 Å². The molecule has 0 aliphatic carbocycles. The Morgan fingerprint density at radius 2 is 1.89 bits per heavy atom. The number of hydrogen-bond acceptors (Lipinski definition) is 7. The van der Waals surface area contributed by atoms with E-state index < -0.39 is 0 Å². The fourth-order valence-corrected chi connectivity index (χ4v) is 2.90. The quantitative estimate of drug-likeness (QED) is 0.530. The number of benzene rings is 1. The van der Waals surface area contributed by atoms with Crippen LogP contribution in [0.3, 0.4) is 0 Å². The van der Waals surface area contributed by atoms with E-state index in [0.717, 1.165) is 22.2 Å². The number of nitrogens with zero attached hydrogens (tertiary/aromatic N) is 7. The number of nitrogens with one attached hydrogen (secondary N) is 1. The minimum absolute atomic E-state index is 0.512. The highest BCUT2D eigenvalue weighted by atomic mass is 15.5. The third-order valence-corrected chi connectivity index (χ3v) is 4.18. The fourth-order valence-electron chi connectivity index (χ4n) is 2.90. The maximum atomic E-state index is 4.62. The molecule has 0 bridgehead atoms. The molecule has 1 aromatic carbocycles. The summed E-state index contributed by atoms with van der Waals surface area (Å²) in [7, 11) is 0. The predicted molar refractivity (Wildman–Crippen MR) is 101 cm³/mol. The van der Waals surface area contributed by atoms with Crippen molar-refractivity contribution in [3.63, 3.8) is 0 Å². The van der Waals surface area contributed by atoms with Crippen molar-refractivity contribution in [2.75, 3.05) is 5.32 Å². The van der Waals surface area contributed by atoms with Crippen molar-refractivity contribution in [3.05, 3.63) is 72.8 Å². The number of aromatic nitrogens is 7. The van der Waals surface area contributed by atoms with Crippen molar-refractivity contribution in [2.45, 2.75) is 6.54 Å². The van der Waals surface area contributed by atoms with Crippen LogP contribution in [0.4, 0.5) is 11.5 Å². The van der Waals surface area contributed by atoms with Crippen LogP contribution >= 0.6 is 0 Å². The Labute approximate surface area is 153 Å². The van der Waals surface area contributed by atoms with Gasteiger partial charge in [0.2, 0.25) is 5.65 Å². The largest absolute Gasteiger partial charge is 0.339 e. The number of pyridine rings is 2. The highest BCUT2D eigenvalue weighted by Crippen LogP contribution is 2.17. The molecule has 5 aromatic rings. The van der Waals surface area contributed by atoms with Gasteiger partial charge in [-0.15, -0.1) is 5.10 Å². The van der Waals surface area contributed by atoms with Gasteiger partial charge in [-0.1, -0.05) is 17.3 Å². The molecular weight excluding hydrogens is 340 g/mol. The molecule has 0 aliphatic heterocycles. The summed E-state index contributed by atoms with van der Waals surface area (Å²) >= 11 is 0. The van der Waals surface area contributed by atoms with Gasteiger partial charge in [-0.2, -0.15) is 0 Å². The monoisotopic (exact) mass is 354 g/mol. The molecule has 4 aromatic heterocycles. The molecular formula is C19H14N8. The zero-order chi connectivity index (χ0) is 18.1. The Morgan fingerprint density at radius 1 is 0.963 bits per heavy atom. The first kappa shape index (κ1) is 15.3. The summed E-state index contributed by atoms with van der Waals surface area (Å²) in [6.45, 7) is 0.550. The topological polar surface area (TPSA) is 94.3 Å². The molecule has 0 saturated heterocycles. The van der Waals surface area contributed by atoms with E-state index in [2.05, 4.69) is 41.6 Å². The Balaban J connectivity index is 1.48.